The van der Waals surface area contributed by atoms with Crippen LogP contribution >= 0.6 is 24.8 Å². The zero-order valence-electron chi connectivity index (χ0n) is 24.7. The summed E-state index contributed by atoms with van der Waals surface area (Å²) in [6, 6.07) is 11.1. The number of hydrogen-bond donors (Lipinski definition) is 3. The van der Waals surface area contributed by atoms with Crippen molar-refractivity contribution in [2.45, 2.75) is 51.0 Å². The minimum absolute atomic E-state index is 0. The lowest BCUT2D eigenvalue weighted by Gasteiger charge is -2.32. The lowest BCUT2D eigenvalue weighted by Crippen LogP contribution is -2.38. The Morgan fingerprint density at radius 3 is 2.21 bits per heavy atom. The summed E-state index contributed by atoms with van der Waals surface area (Å²) in [5, 5.41) is 6.04. The fourth-order valence-electron chi connectivity index (χ4n) is 4.90. The minimum atomic E-state index is -3.63. The first-order valence-electron chi connectivity index (χ1n) is 13.7. The third-order valence-corrected chi connectivity index (χ3v) is 10.3. The van der Waals surface area contributed by atoms with Crippen molar-refractivity contribution in [1.82, 2.24) is 9.62 Å². The van der Waals surface area contributed by atoms with E-state index >= 15 is 0 Å². The second-order valence-corrected chi connectivity index (χ2v) is 14.8. The minimum Gasteiger partial charge on any atom is -0.330 e. The molecule has 3 rings (SSSR count). The number of halogens is 2. The Labute approximate surface area is 263 Å². The maximum absolute atomic E-state index is 13.3. The molecule has 0 aliphatic carbocycles. The molecule has 2 aromatic rings. The van der Waals surface area contributed by atoms with E-state index in [2.05, 4.69) is 24.5 Å². The van der Waals surface area contributed by atoms with Gasteiger partial charge in [-0.1, -0.05) is 19.9 Å². The number of sulfonamides is 2. The Bertz CT molecular complexity index is 1370. The van der Waals surface area contributed by atoms with Crippen molar-refractivity contribution in [3.05, 3.63) is 53.6 Å². The van der Waals surface area contributed by atoms with Gasteiger partial charge < -0.3 is 16.4 Å². The number of piperidine rings is 1. The third kappa shape index (κ3) is 10.4. The molecule has 1 saturated heterocycles. The monoisotopic (exact) mass is 665 g/mol. The SMILES string of the molecule is CC(C)CC1CCN(S(=O)(=O)c2ccc(NC(=O)c3cc(CNCCCN)ccc3N(C)S(C)(=O)=O)cc2)CC1.Cl.Cl. The van der Waals surface area contributed by atoms with Crippen LogP contribution in [0.4, 0.5) is 11.4 Å². The summed E-state index contributed by atoms with van der Waals surface area (Å²) >= 11 is 0. The van der Waals surface area contributed by atoms with Crippen molar-refractivity contribution < 1.29 is 21.6 Å². The van der Waals surface area contributed by atoms with Gasteiger partial charge in [-0.15, -0.1) is 24.8 Å². The molecule has 0 bridgehead atoms. The average molecular weight is 667 g/mol. The Hall–Kier alpha value is -1.93. The van der Waals surface area contributed by atoms with Crippen LogP contribution in [0.1, 0.15) is 55.5 Å². The smallest absolute Gasteiger partial charge is 0.257 e. The predicted molar refractivity (Wildman–Crippen MR) is 175 cm³/mol. The zero-order chi connectivity index (χ0) is 29.5. The van der Waals surface area contributed by atoms with E-state index < -0.39 is 26.0 Å². The summed E-state index contributed by atoms with van der Waals surface area (Å²) < 4.78 is 53.5. The molecule has 1 aliphatic heterocycles. The molecule has 0 atom stereocenters. The van der Waals surface area contributed by atoms with Gasteiger partial charge in [0.05, 0.1) is 22.4 Å². The standard InChI is InChI=1S/C28H43N5O5S2.2ClH/c1-21(2)18-22-12-16-33(17-13-22)40(37,38)25-9-7-24(8-10-25)31-28(34)26-19-23(20-30-15-5-14-29)6-11-27(26)32(3)39(4,35)36;;/h6-11,19,21-22,30H,5,12-18,20,29H2,1-4H3,(H,31,34);2*1H. The van der Waals surface area contributed by atoms with Crippen molar-refractivity contribution in [3.63, 3.8) is 0 Å². The highest BCUT2D eigenvalue weighted by Gasteiger charge is 2.29. The van der Waals surface area contributed by atoms with Crippen LogP contribution in [-0.2, 0) is 26.6 Å². The molecule has 10 nitrogen and oxygen atoms in total. The highest BCUT2D eigenvalue weighted by Crippen LogP contribution is 2.29. The molecule has 0 spiro atoms. The Kier molecular flexibility index (Phi) is 15.2. The molecule has 14 heteroatoms. The fraction of sp³-hybridized carbons (Fsp3) is 0.536. The second-order valence-electron chi connectivity index (χ2n) is 10.9. The topological polar surface area (TPSA) is 142 Å². The van der Waals surface area contributed by atoms with Gasteiger partial charge in [-0.25, -0.2) is 16.8 Å². The summed E-state index contributed by atoms with van der Waals surface area (Å²) in [6.45, 7) is 7.16. The molecule has 0 saturated carbocycles. The average Bonchev–Trinajstić information content (AvgIpc) is 2.90. The quantitative estimate of drug-likeness (QED) is 0.274. The van der Waals surface area contributed by atoms with Crippen molar-refractivity contribution in [2.75, 3.05) is 49.1 Å². The Morgan fingerprint density at radius 1 is 1.05 bits per heavy atom. The van der Waals surface area contributed by atoms with Crippen LogP contribution in [0, 0.1) is 11.8 Å². The molecule has 0 radical (unpaired) electrons. The van der Waals surface area contributed by atoms with Gasteiger partial charge in [-0.05, 0) is 92.6 Å². The van der Waals surface area contributed by atoms with E-state index in [0.29, 0.717) is 50.2 Å². The molecular weight excluding hydrogens is 621 g/mol. The van der Waals surface area contributed by atoms with Gasteiger partial charge >= 0.3 is 0 Å². The van der Waals surface area contributed by atoms with Gasteiger partial charge in [0.15, 0.2) is 0 Å². The van der Waals surface area contributed by atoms with Crippen molar-refractivity contribution >= 4 is 62.1 Å². The summed E-state index contributed by atoms with van der Waals surface area (Å²) in [5.74, 6) is 0.646. The molecule has 1 aliphatic rings. The molecule has 1 heterocycles. The molecular formula is C28H45Cl2N5O5S2. The zero-order valence-corrected chi connectivity index (χ0v) is 28.0. The van der Waals surface area contributed by atoms with Crippen molar-refractivity contribution in [2.24, 2.45) is 17.6 Å². The van der Waals surface area contributed by atoms with Crippen LogP contribution in [0.2, 0.25) is 0 Å². The highest BCUT2D eigenvalue weighted by atomic mass is 35.5. The number of carbonyl (C=O) groups excluding carboxylic acids is 1. The Balaban J connectivity index is 0.00000441. The van der Waals surface area contributed by atoms with Crippen LogP contribution in [-0.4, -0.2) is 66.5 Å². The largest absolute Gasteiger partial charge is 0.330 e. The summed E-state index contributed by atoms with van der Waals surface area (Å²) in [7, 11) is -5.85. The maximum Gasteiger partial charge on any atom is 0.257 e. The predicted octanol–water partition coefficient (Wildman–Crippen LogP) is 4.06. The number of rotatable bonds is 13. The molecule has 1 fully saturated rings. The van der Waals surface area contributed by atoms with Crippen LogP contribution in [0.15, 0.2) is 47.4 Å². The van der Waals surface area contributed by atoms with E-state index in [4.69, 9.17) is 5.73 Å². The van der Waals surface area contributed by atoms with Crippen molar-refractivity contribution in [1.29, 1.82) is 0 Å². The number of benzene rings is 2. The second kappa shape index (κ2) is 16.8. The fourth-order valence-corrected chi connectivity index (χ4v) is 6.88. The molecule has 238 valence electrons. The van der Waals surface area contributed by atoms with Gasteiger partial charge in [-0.2, -0.15) is 4.31 Å². The van der Waals surface area contributed by atoms with E-state index in [1.54, 1.807) is 30.3 Å². The lowest BCUT2D eigenvalue weighted by molar-refractivity contribution is 0.102. The number of nitrogens with one attached hydrogen (secondary N) is 2. The maximum atomic E-state index is 13.3. The first kappa shape index (κ1) is 38.1. The van der Waals surface area contributed by atoms with Crippen molar-refractivity contribution in [3.8, 4) is 0 Å². The number of nitrogens with zero attached hydrogens (tertiary/aromatic N) is 2. The lowest BCUT2D eigenvalue weighted by atomic mass is 9.89. The normalized spacial score (nSPS) is 14.6. The van der Waals surface area contributed by atoms with Crippen LogP contribution < -0.4 is 20.7 Å². The number of carbonyl (C=O) groups is 1. The number of anilines is 2. The molecule has 1 amide bonds. The first-order valence-corrected chi connectivity index (χ1v) is 17.0. The van der Waals surface area contributed by atoms with Crippen LogP contribution in [0.25, 0.3) is 0 Å². The molecule has 4 N–H and O–H groups in total. The van der Waals surface area contributed by atoms with E-state index in [9.17, 15) is 21.6 Å². The molecule has 42 heavy (non-hydrogen) atoms. The Morgan fingerprint density at radius 2 is 1.67 bits per heavy atom. The third-order valence-electron chi connectivity index (χ3n) is 7.16. The van der Waals surface area contributed by atoms with Gasteiger partial charge in [-0.3, -0.25) is 9.10 Å². The van der Waals surface area contributed by atoms with E-state index in [1.807, 2.05) is 0 Å². The molecule has 0 unspecified atom stereocenters. The van der Waals surface area contributed by atoms with Gasteiger partial charge in [0.1, 0.15) is 0 Å². The van der Waals surface area contributed by atoms with Gasteiger partial charge in [0, 0.05) is 32.4 Å². The van der Waals surface area contributed by atoms with E-state index in [0.717, 1.165) is 41.8 Å². The summed E-state index contributed by atoms with van der Waals surface area (Å²) in [5.41, 5.74) is 7.18. The number of amides is 1. The van der Waals surface area contributed by atoms with E-state index in [1.165, 1.54) is 23.5 Å². The molecule has 2 aromatic carbocycles. The van der Waals surface area contributed by atoms with Crippen LogP contribution in [0.5, 0.6) is 0 Å². The first-order chi connectivity index (χ1) is 18.8. The summed E-state index contributed by atoms with van der Waals surface area (Å²) in [4.78, 5) is 13.5. The number of hydrogen-bond acceptors (Lipinski definition) is 7. The van der Waals surface area contributed by atoms with Gasteiger partial charge in [0.2, 0.25) is 20.0 Å². The van der Waals surface area contributed by atoms with Crippen LogP contribution in [0.3, 0.4) is 0 Å². The highest BCUT2D eigenvalue weighted by molar-refractivity contribution is 7.92. The summed E-state index contributed by atoms with van der Waals surface area (Å²) in [6.07, 6.45) is 4.71. The van der Waals surface area contributed by atoms with E-state index in [-0.39, 0.29) is 41.0 Å². The molecule has 0 aromatic heterocycles. The number of nitrogens with two attached hydrogens (primary N) is 1. The van der Waals surface area contributed by atoms with Gasteiger partial charge in [0.25, 0.3) is 5.91 Å².